The first-order chi connectivity index (χ1) is 10.5. The quantitative estimate of drug-likeness (QED) is 0.793. The molecular weight excluding hydrogens is 285 g/mol. The molecule has 2 unspecified atom stereocenters. The number of rotatable bonds is 4. The summed E-state index contributed by atoms with van der Waals surface area (Å²) in [5.74, 6) is -1.10. The van der Waals surface area contributed by atoms with Crippen molar-refractivity contribution in [3.63, 3.8) is 0 Å². The van der Waals surface area contributed by atoms with Crippen LogP contribution in [-0.2, 0) is 4.79 Å². The lowest BCUT2D eigenvalue weighted by Crippen LogP contribution is -2.39. The van der Waals surface area contributed by atoms with Crippen molar-refractivity contribution in [3.8, 4) is 0 Å². The number of carbonyl (C=O) groups is 2. The second-order valence-electron chi connectivity index (χ2n) is 6.29. The third kappa shape index (κ3) is 3.27. The Morgan fingerprint density at radius 3 is 2.59 bits per heavy atom. The molecule has 2 saturated heterocycles. The maximum atomic E-state index is 13.7. The standard InChI is InChI=1S/C16H20FN3O2/c17-13-4-1-10(16(18)22)8-14(13)20-15(21)7-9-5-11-2-3-12(6-9)19-11/h1,4,8-9,11-12,19H,2-3,5-7H2,(H2,18,22)(H,20,21). The fourth-order valence-electron chi connectivity index (χ4n) is 3.58. The summed E-state index contributed by atoms with van der Waals surface area (Å²) in [7, 11) is 0. The summed E-state index contributed by atoms with van der Waals surface area (Å²) in [6.45, 7) is 0. The molecule has 2 bridgehead atoms. The number of hydrogen-bond acceptors (Lipinski definition) is 3. The zero-order valence-corrected chi connectivity index (χ0v) is 12.3. The average Bonchev–Trinajstić information content (AvgIpc) is 2.80. The molecule has 2 atom stereocenters. The number of hydrogen-bond donors (Lipinski definition) is 3. The number of amides is 2. The SMILES string of the molecule is NC(=O)c1ccc(F)c(NC(=O)CC2CC3CCC(C2)N3)c1. The Morgan fingerprint density at radius 2 is 1.95 bits per heavy atom. The van der Waals surface area contributed by atoms with E-state index in [9.17, 15) is 14.0 Å². The molecule has 2 aliphatic heterocycles. The van der Waals surface area contributed by atoms with Crippen LogP contribution in [0.2, 0.25) is 0 Å². The Labute approximate surface area is 128 Å². The second kappa shape index (κ2) is 6.04. The number of benzene rings is 1. The predicted molar refractivity (Wildman–Crippen MR) is 80.8 cm³/mol. The molecule has 0 aliphatic carbocycles. The van der Waals surface area contributed by atoms with Gasteiger partial charge in [-0.1, -0.05) is 0 Å². The Bertz CT molecular complexity index is 593. The zero-order chi connectivity index (χ0) is 15.7. The molecule has 2 amide bonds. The van der Waals surface area contributed by atoms with E-state index in [0.29, 0.717) is 24.4 Å². The lowest BCUT2D eigenvalue weighted by Gasteiger charge is -2.28. The number of anilines is 1. The van der Waals surface area contributed by atoms with E-state index in [4.69, 9.17) is 5.73 Å². The van der Waals surface area contributed by atoms with Crippen LogP contribution in [0.5, 0.6) is 0 Å². The minimum absolute atomic E-state index is 0.0122. The van der Waals surface area contributed by atoms with Crippen LogP contribution in [0.25, 0.3) is 0 Å². The minimum atomic E-state index is -0.648. The maximum Gasteiger partial charge on any atom is 0.248 e. The predicted octanol–water partition coefficient (Wildman–Crippen LogP) is 1.78. The zero-order valence-electron chi connectivity index (χ0n) is 12.3. The Morgan fingerprint density at radius 1 is 1.27 bits per heavy atom. The van der Waals surface area contributed by atoms with Gasteiger partial charge in [-0.15, -0.1) is 0 Å². The third-order valence-corrected chi connectivity index (χ3v) is 4.57. The number of fused-ring (bicyclic) bond motifs is 2. The number of carbonyl (C=O) groups excluding carboxylic acids is 2. The van der Waals surface area contributed by atoms with Gasteiger partial charge in [-0.05, 0) is 49.8 Å². The highest BCUT2D eigenvalue weighted by molar-refractivity contribution is 5.96. The average molecular weight is 305 g/mol. The van der Waals surface area contributed by atoms with E-state index in [1.165, 1.54) is 25.0 Å². The number of halogens is 1. The van der Waals surface area contributed by atoms with Crippen molar-refractivity contribution in [3.05, 3.63) is 29.6 Å². The van der Waals surface area contributed by atoms with Crippen LogP contribution in [0.1, 0.15) is 42.5 Å². The highest BCUT2D eigenvalue weighted by Gasteiger charge is 2.34. The third-order valence-electron chi connectivity index (χ3n) is 4.57. The molecule has 0 saturated carbocycles. The molecule has 1 aromatic rings. The summed E-state index contributed by atoms with van der Waals surface area (Å²) in [5, 5.41) is 6.09. The number of piperidine rings is 1. The Balaban J connectivity index is 1.62. The molecule has 1 aromatic carbocycles. The molecule has 6 heteroatoms. The molecule has 0 radical (unpaired) electrons. The lowest BCUT2D eigenvalue weighted by atomic mass is 9.89. The van der Waals surface area contributed by atoms with Crippen LogP contribution >= 0.6 is 0 Å². The van der Waals surface area contributed by atoms with Gasteiger partial charge >= 0.3 is 0 Å². The first kappa shape index (κ1) is 15.0. The van der Waals surface area contributed by atoms with Gasteiger partial charge in [0.25, 0.3) is 0 Å². The summed E-state index contributed by atoms with van der Waals surface area (Å²) >= 11 is 0. The molecule has 4 N–H and O–H groups in total. The van der Waals surface area contributed by atoms with Crippen molar-refractivity contribution in [1.82, 2.24) is 5.32 Å². The van der Waals surface area contributed by atoms with Gasteiger partial charge in [0.15, 0.2) is 0 Å². The van der Waals surface area contributed by atoms with E-state index in [1.807, 2.05) is 0 Å². The molecule has 22 heavy (non-hydrogen) atoms. The van der Waals surface area contributed by atoms with E-state index >= 15 is 0 Å². The van der Waals surface area contributed by atoms with Gasteiger partial charge in [-0.3, -0.25) is 9.59 Å². The number of nitrogens with two attached hydrogens (primary N) is 1. The van der Waals surface area contributed by atoms with Gasteiger partial charge in [0, 0.05) is 24.1 Å². The van der Waals surface area contributed by atoms with E-state index in [2.05, 4.69) is 10.6 Å². The molecule has 3 rings (SSSR count). The molecule has 0 aromatic heterocycles. The van der Waals surface area contributed by atoms with Gasteiger partial charge in [-0.2, -0.15) is 0 Å². The van der Waals surface area contributed by atoms with Crippen LogP contribution in [0.3, 0.4) is 0 Å². The summed E-state index contributed by atoms with van der Waals surface area (Å²) in [6, 6.07) is 4.76. The smallest absolute Gasteiger partial charge is 0.248 e. The maximum absolute atomic E-state index is 13.7. The first-order valence-electron chi connectivity index (χ1n) is 7.66. The number of nitrogens with one attached hydrogen (secondary N) is 2. The van der Waals surface area contributed by atoms with Crippen LogP contribution in [0, 0.1) is 11.7 Å². The molecule has 2 heterocycles. The highest BCUT2D eigenvalue weighted by atomic mass is 19.1. The highest BCUT2D eigenvalue weighted by Crippen LogP contribution is 2.32. The van der Waals surface area contributed by atoms with Gasteiger partial charge in [0.1, 0.15) is 5.82 Å². The second-order valence-corrected chi connectivity index (χ2v) is 6.29. The summed E-state index contributed by atoms with van der Waals surface area (Å²) < 4.78 is 13.7. The van der Waals surface area contributed by atoms with E-state index in [-0.39, 0.29) is 17.2 Å². The summed E-state index contributed by atoms with van der Waals surface area (Å²) in [6.07, 6.45) is 4.73. The summed E-state index contributed by atoms with van der Waals surface area (Å²) in [4.78, 5) is 23.3. The van der Waals surface area contributed by atoms with Crippen molar-refractivity contribution in [2.24, 2.45) is 11.7 Å². The van der Waals surface area contributed by atoms with Crippen molar-refractivity contribution in [2.45, 2.75) is 44.2 Å². The minimum Gasteiger partial charge on any atom is -0.366 e. The molecular formula is C16H20FN3O2. The van der Waals surface area contributed by atoms with Crippen molar-refractivity contribution in [2.75, 3.05) is 5.32 Å². The van der Waals surface area contributed by atoms with Gasteiger partial charge < -0.3 is 16.4 Å². The fourth-order valence-corrected chi connectivity index (χ4v) is 3.58. The van der Waals surface area contributed by atoms with E-state index in [0.717, 1.165) is 18.9 Å². The first-order valence-corrected chi connectivity index (χ1v) is 7.66. The molecule has 5 nitrogen and oxygen atoms in total. The van der Waals surface area contributed by atoms with Crippen LogP contribution in [0.4, 0.5) is 10.1 Å². The lowest BCUT2D eigenvalue weighted by molar-refractivity contribution is -0.117. The van der Waals surface area contributed by atoms with Gasteiger partial charge in [-0.25, -0.2) is 4.39 Å². The van der Waals surface area contributed by atoms with Crippen molar-refractivity contribution >= 4 is 17.5 Å². The van der Waals surface area contributed by atoms with E-state index < -0.39 is 11.7 Å². The molecule has 2 aliphatic rings. The van der Waals surface area contributed by atoms with Gasteiger partial charge in [0.2, 0.25) is 11.8 Å². The molecule has 118 valence electrons. The molecule has 2 fully saturated rings. The van der Waals surface area contributed by atoms with Gasteiger partial charge in [0.05, 0.1) is 5.69 Å². The Hall–Kier alpha value is -1.95. The summed E-state index contributed by atoms with van der Waals surface area (Å²) in [5.41, 5.74) is 5.36. The van der Waals surface area contributed by atoms with Crippen LogP contribution < -0.4 is 16.4 Å². The van der Waals surface area contributed by atoms with Crippen molar-refractivity contribution < 1.29 is 14.0 Å². The van der Waals surface area contributed by atoms with Crippen LogP contribution in [0.15, 0.2) is 18.2 Å². The normalized spacial score (nSPS) is 26.7. The Kier molecular flexibility index (Phi) is 4.11. The van der Waals surface area contributed by atoms with Crippen LogP contribution in [-0.4, -0.2) is 23.9 Å². The topological polar surface area (TPSA) is 84.2 Å². The fraction of sp³-hybridized carbons (Fsp3) is 0.500. The van der Waals surface area contributed by atoms with E-state index in [1.54, 1.807) is 0 Å². The number of primary amides is 1. The largest absolute Gasteiger partial charge is 0.366 e. The monoisotopic (exact) mass is 305 g/mol. The van der Waals surface area contributed by atoms with Crippen molar-refractivity contribution in [1.29, 1.82) is 0 Å². The molecule has 0 spiro atoms.